The van der Waals surface area contributed by atoms with Gasteiger partial charge in [0.05, 0.1) is 0 Å². The maximum Gasteiger partial charge on any atom is 0.224 e. The molecule has 3 rings (SSSR count). The summed E-state index contributed by atoms with van der Waals surface area (Å²) in [5.74, 6) is 1.33. The minimum atomic E-state index is -0.0956. The molecule has 0 aliphatic carbocycles. The van der Waals surface area contributed by atoms with E-state index in [1.165, 1.54) is 5.56 Å². The Morgan fingerprint density at radius 2 is 2.06 bits per heavy atom. The number of rotatable bonds is 1. The fourth-order valence-corrected chi connectivity index (χ4v) is 4.24. The van der Waals surface area contributed by atoms with E-state index in [0.29, 0.717) is 12.3 Å². The van der Waals surface area contributed by atoms with E-state index in [-0.39, 0.29) is 4.87 Å². The van der Waals surface area contributed by atoms with Crippen molar-refractivity contribution in [1.29, 1.82) is 0 Å². The number of carbonyl (C=O) groups is 1. The van der Waals surface area contributed by atoms with E-state index < -0.39 is 0 Å². The summed E-state index contributed by atoms with van der Waals surface area (Å²) in [6.07, 6.45) is 1.60. The Morgan fingerprint density at radius 3 is 2.81 bits per heavy atom. The van der Waals surface area contributed by atoms with Gasteiger partial charge >= 0.3 is 0 Å². The minimum Gasteiger partial charge on any atom is -0.323 e. The van der Waals surface area contributed by atoms with E-state index in [1.54, 1.807) is 0 Å². The molecule has 0 saturated carbocycles. The third-order valence-electron chi connectivity index (χ3n) is 3.37. The van der Waals surface area contributed by atoms with Crippen LogP contribution in [0.15, 0.2) is 24.3 Å². The van der Waals surface area contributed by atoms with Gasteiger partial charge in [-0.05, 0) is 24.1 Å². The first-order valence-electron chi connectivity index (χ1n) is 5.43. The predicted molar refractivity (Wildman–Crippen MR) is 66.5 cm³/mol. The number of fused-ring (bicyclic) bond motifs is 1. The van der Waals surface area contributed by atoms with Crippen LogP contribution in [-0.4, -0.2) is 23.1 Å². The standard InChI is InChI=1S/C12H12ClNOS/c13-10-3-1-9(2-4-10)12-6-5-11(15)14(12)7-8-16-12/h1-4H,5-8H2. The zero-order valence-corrected chi connectivity index (χ0v) is 10.4. The van der Waals surface area contributed by atoms with E-state index in [0.717, 1.165) is 23.7 Å². The van der Waals surface area contributed by atoms with Crippen LogP contribution in [0.4, 0.5) is 0 Å². The molecule has 2 nitrogen and oxygen atoms in total. The molecule has 1 aromatic rings. The van der Waals surface area contributed by atoms with E-state index in [2.05, 4.69) is 0 Å². The second-order valence-corrected chi connectivity index (χ2v) is 5.99. The lowest BCUT2D eigenvalue weighted by Crippen LogP contribution is -2.36. The van der Waals surface area contributed by atoms with Gasteiger partial charge in [-0.2, -0.15) is 0 Å². The number of hydrogen-bond acceptors (Lipinski definition) is 2. The number of thioether (sulfide) groups is 1. The van der Waals surface area contributed by atoms with Gasteiger partial charge in [0.25, 0.3) is 0 Å². The Morgan fingerprint density at radius 1 is 1.31 bits per heavy atom. The lowest BCUT2D eigenvalue weighted by molar-refractivity contribution is -0.128. The van der Waals surface area contributed by atoms with Crippen LogP contribution >= 0.6 is 23.4 Å². The Hall–Kier alpha value is -0.670. The first-order chi connectivity index (χ1) is 7.72. The molecule has 84 valence electrons. The van der Waals surface area contributed by atoms with Gasteiger partial charge in [-0.25, -0.2) is 0 Å². The van der Waals surface area contributed by atoms with Gasteiger partial charge in [0.15, 0.2) is 0 Å². The predicted octanol–water partition coefficient (Wildman–Crippen LogP) is 2.86. The van der Waals surface area contributed by atoms with Crippen LogP contribution < -0.4 is 0 Å². The molecule has 0 bridgehead atoms. The normalized spacial score (nSPS) is 28.6. The summed E-state index contributed by atoms with van der Waals surface area (Å²) in [6.45, 7) is 0.881. The highest BCUT2D eigenvalue weighted by atomic mass is 35.5. The molecule has 1 unspecified atom stereocenters. The van der Waals surface area contributed by atoms with Crippen molar-refractivity contribution in [2.24, 2.45) is 0 Å². The average molecular weight is 254 g/mol. The SMILES string of the molecule is O=C1CCC2(c3ccc(Cl)cc3)SCCN12. The van der Waals surface area contributed by atoms with Gasteiger partial charge in [0.2, 0.25) is 5.91 Å². The molecule has 16 heavy (non-hydrogen) atoms. The molecule has 1 amide bonds. The highest BCUT2D eigenvalue weighted by molar-refractivity contribution is 8.00. The summed E-state index contributed by atoms with van der Waals surface area (Å²) in [7, 11) is 0. The van der Waals surface area contributed by atoms with Crippen LogP contribution in [0.2, 0.25) is 5.02 Å². The van der Waals surface area contributed by atoms with E-state index in [9.17, 15) is 4.79 Å². The van der Waals surface area contributed by atoms with Crippen molar-refractivity contribution in [3.8, 4) is 0 Å². The molecule has 2 saturated heterocycles. The number of benzene rings is 1. The Balaban J connectivity index is 2.04. The smallest absolute Gasteiger partial charge is 0.224 e. The van der Waals surface area contributed by atoms with Crippen molar-refractivity contribution in [3.05, 3.63) is 34.9 Å². The average Bonchev–Trinajstić information content (AvgIpc) is 2.82. The van der Waals surface area contributed by atoms with Gasteiger partial charge in [0, 0.05) is 23.7 Å². The molecule has 2 aliphatic heterocycles. The first-order valence-corrected chi connectivity index (χ1v) is 6.79. The van der Waals surface area contributed by atoms with Crippen molar-refractivity contribution in [2.45, 2.75) is 17.7 Å². The van der Waals surface area contributed by atoms with E-state index in [4.69, 9.17) is 11.6 Å². The Bertz CT molecular complexity index is 433. The van der Waals surface area contributed by atoms with Gasteiger partial charge in [0.1, 0.15) is 4.87 Å². The lowest BCUT2D eigenvalue weighted by atomic mass is 10.0. The molecule has 0 radical (unpaired) electrons. The van der Waals surface area contributed by atoms with Crippen molar-refractivity contribution in [1.82, 2.24) is 4.90 Å². The van der Waals surface area contributed by atoms with Crippen LogP contribution in [0.3, 0.4) is 0 Å². The maximum atomic E-state index is 11.8. The first kappa shape index (κ1) is 10.5. The van der Waals surface area contributed by atoms with Gasteiger partial charge in [-0.15, -0.1) is 11.8 Å². The summed E-state index contributed by atoms with van der Waals surface area (Å²) in [5.41, 5.74) is 1.21. The minimum absolute atomic E-state index is 0.0956. The largest absolute Gasteiger partial charge is 0.323 e. The van der Waals surface area contributed by atoms with Crippen LogP contribution in [0.1, 0.15) is 18.4 Å². The fourth-order valence-electron chi connectivity index (χ4n) is 2.60. The highest BCUT2D eigenvalue weighted by Gasteiger charge is 2.50. The quantitative estimate of drug-likeness (QED) is 0.767. The summed E-state index contributed by atoms with van der Waals surface area (Å²) in [5, 5.41) is 0.749. The maximum absolute atomic E-state index is 11.8. The molecule has 2 heterocycles. The van der Waals surface area contributed by atoms with Gasteiger partial charge < -0.3 is 4.90 Å². The highest BCUT2D eigenvalue weighted by Crippen LogP contribution is 2.52. The Kier molecular flexibility index (Phi) is 2.41. The van der Waals surface area contributed by atoms with Crippen molar-refractivity contribution in [3.63, 3.8) is 0 Å². The van der Waals surface area contributed by atoms with E-state index >= 15 is 0 Å². The zero-order valence-electron chi connectivity index (χ0n) is 8.78. The summed E-state index contributed by atoms with van der Waals surface area (Å²) in [4.78, 5) is 13.7. The molecular weight excluding hydrogens is 242 g/mol. The molecule has 0 spiro atoms. The number of halogens is 1. The monoisotopic (exact) mass is 253 g/mol. The second kappa shape index (κ2) is 3.67. The lowest BCUT2D eigenvalue weighted by Gasteiger charge is -2.31. The molecule has 0 aromatic heterocycles. The zero-order chi connectivity index (χ0) is 11.2. The van der Waals surface area contributed by atoms with Gasteiger partial charge in [-0.1, -0.05) is 23.7 Å². The summed E-state index contributed by atoms with van der Waals surface area (Å²) < 4.78 is 0. The second-order valence-electron chi connectivity index (χ2n) is 4.19. The van der Waals surface area contributed by atoms with Gasteiger partial charge in [-0.3, -0.25) is 4.79 Å². The molecule has 0 N–H and O–H groups in total. The van der Waals surface area contributed by atoms with Crippen LogP contribution in [0.25, 0.3) is 0 Å². The van der Waals surface area contributed by atoms with Crippen molar-refractivity contribution < 1.29 is 4.79 Å². The van der Waals surface area contributed by atoms with E-state index in [1.807, 2.05) is 40.9 Å². The number of carbonyl (C=O) groups excluding carboxylic acids is 1. The fraction of sp³-hybridized carbons (Fsp3) is 0.417. The van der Waals surface area contributed by atoms with Crippen LogP contribution in [0, 0.1) is 0 Å². The third kappa shape index (κ3) is 1.38. The van der Waals surface area contributed by atoms with Crippen molar-refractivity contribution >= 4 is 29.3 Å². The molecule has 1 aromatic carbocycles. The van der Waals surface area contributed by atoms with Crippen LogP contribution in [-0.2, 0) is 9.67 Å². The number of nitrogens with zero attached hydrogens (tertiary/aromatic N) is 1. The number of amides is 1. The number of hydrogen-bond donors (Lipinski definition) is 0. The van der Waals surface area contributed by atoms with Crippen molar-refractivity contribution in [2.75, 3.05) is 12.3 Å². The molecular formula is C12H12ClNOS. The summed E-state index contributed by atoms with van der Waals surface area (Å²) >= 11 is 7.79. The molecule has 1 atom stereocenters. The molecule has 2 aliphatic rings. The Labute approximate surface area is 104 Å². The summed E-state index contributed by atoms with van der Waals surface area (Å²) in [6, 6.07) is 7.91. The third-order valence-corrected chi connectivity index (χ3v) is 5.14. The molecule has 4 heteroatoms. The topological polar surface area (TPSA) is 20.3 Å². The molecule has 2 fully saturated rings. The van der Waals surface area contributed by atoms with Crippen LogP contribution in [0.5, 0.6) is 0 Å².